The highest BCUT2D eigenvalue weighted by atomic mass is 127. The summed E-state index contributed by atoms with van der Waals surface area (Å²) in [6, 6.07) is 0.310. The van der Waals surface area contributed by atoms with Crippen LogP contribution >= 0.6 is 24.0 Å². The van der Waals surface area contributed by atoms with Crippen LogP contribution in [0.3, 0.4) is 0 Å². The van der Waals surface area contributed by atoms with Crippen LogP contribution in [0.5, 0.6) is 0 Å². The van der Waals surface area contributed by atoms with Gasteiger partial charge >= 0.3 is 0 Å². The molecule has 114 valence electrons. The molecule has 0 saturated carbocycles. The summed E-state index contributed by atoms with van der Waals surface area (Å²) in [5.74, 6) is 0.721. The van der Waals surface area contributed by atoms with Gasteiger partial charge in [-0.15, -0.1) is 24.0 Å². The second-order valence-corrected chi connectivity index (χ2v) is 6.94. The summed E-state index contributed by atoms with van der Waals surface area (Å²) in [6.07, 6.45) is 3.09. The molecular weight excluding hydrogens is 379 g/mol. The molecule has 1 aliphatic heterocycles. The Morgan fingerprint density at radius 1 is 1.58 bits per heavy atom. The lowest BCUT2D eigenvalue weighted by Gasteiger charge is -2.14. The second kappa shape index (κ2) is 8.25. The maximum Gasteiger partial charge on any atom is 0.211 e. The van der Waals surface area contributed by atoms with E-state index in [9.17, 15) is 8.42 Å². The zero-order chi connectivity index (χ0) is 13.8. The number of nitrogens with zero attached hydrogens (tertiary/aromatic N) is 2. The van der Waals surface area contributed by atoms with Crippen molar-refractivity contribution < 1.29 is 8.42 Å². The molecule has 19 heavy (non-hydrogen) atoms. The van der Waals surface area contributed by atoms with Gasteiger partial charge in [-0.25, -0.2) is 12.7 Å². The van der Waals surface area contributed by atoms with Crippen molar-refractivity contribution in [1.29, 1.82) is 0 Å². The normalized spacial score (nSPS) is 22.9. The summed E-state index contributed by atoms with van der Waals surface area (Å²) >= 11 is 0. The van der Waals surface area contributed by atoms with Crippen LogP contribution in [0.25, 0.3) is 0 Å². The zero-order valence-corrected chi connectivity index (χ0v) is 14.9. The Hall–Kier alpha value is -0.0900. The van der Waals surface area contributed by atoms with Crippen molar-refractivity contribution in [3.05, 3.63) is 0 Å². The van der Waals surface area contributed by atoms with Gasteiger partial charge in [0.1, 0.15) is 0 Å². The first kappa shape index (κ1) is 18.9. The van der Waals surface area contributed by atoms with E-state index in [0.717, 1.165) is 12.8 Å². The predicted molar refractivity (Wildman–Crippen MR) is 89.3 cm³/mol. The smallest absolute Gasteiger partial charge is 0.211 e. The Labute approximate surface area is 133 Å². The van der Waals surface area contributed by atoms with Crippen molar-refractivity contribution in [1.82, 2.24) is 9.62 Å². The molecule has 3 N–H and O–H groups in total. The van der Waals surface area contributed by atoms with Crippen LogP contribution in [-0.2, 0) is 10.0 Å². The molecule has 0 bridgehead atoms. The maximum atomic E-state index is 11.4. The summed E-state index contributed by atoms with van der Waals surface area (Å²) in [4.78, 5) is 4.27. The monoisotopic (exact) mass is 404 g/mol. The van der Waals surface area contributed by atoms with Crippen LogP contribution in [0.2, 0.25) is 0 Å². The minimum absolute atomic E-state index is 0. The number of hydrogen-bond acceptors (Lipinski definition) is 3. The van der Waals surface area contributed by atoms with Crippen LogP contribution in [0.1, 0.15) is 26.7 Å². The Morgan fingerprint density at radius 3 is 2.68 bits per heavy atom. The van der Waals surface area contributed by atoms with Crippen molar-refractivity contribution >= 4 is 40.0 Å². The molecule has 8 heteroatoms. The molecule has 2 unspecified atom stereocenters. The number of nitrogens with one attached hydrogen (secondary N) is 1. The van der Waals surface area contributed by atoms with Gasteiger partial charge in [0, 0.05) is 25.7 Å². The first-order valence-corrected chi connectivity index (χ1v) is 8.19. The summed E-state index contributed by atoms with van der Waals surface area (Å²) in [5, 5.41) is 3.09. The van der Waals surface area contributed by atoms with E-state index >= 15 is 0 Å². The van der Waals surface area contributed by atoms with Crippen molar-refractivity contribution in [3.63, 3.8) is 0 Å². The Morgan fingerprint density at radius 2 is 2.21 bits per heavy atom. The van der Waals surface area contributed by atoms with Crippen molar-refractivity contribution in [3.8, 4) is 0 Å². The molecule has 0 aromatic rings. The summed E-state index contributed by atoms with van der Waals surface area (Å²) in [7, 11) is -3.06. The third-order valence-corrected chi connectivity index (χ3v) is 4.51. The predicted octanol–water partition coefficient (Wildman–Crippen LogP) is 0.589. The average Bonchev–Trinajstić information content (AvgIpc) is 2.74. The van der Waals surface area contributed by atoms with Gasteiger partial charge in [-0.2, -0.15) is 0 Å². The molecule has 2 atom stereocenters. The molecule has 0 radical (unpaired) electrons. The Bertz CT molecular complexity index is 399. The number of nitrogens with two attached hydrogens (primary N) is 1. The third kappa shape index (κ3) is 6.75. The summed E-state index contributed by atoms with van der Waals surface area (Å²) < 4.78 is 24.2. The fourth-order valence-electron chi connectivity index (χ4n) is 1.87. The molecule has 1 rings (SSSR count). The van der Waals surface area contributed by atoms with Crippen molar-refractivity contribution in [2.24, 2.45) is 16.6 Å². The first-order chi connectivity index (χ1) is 8.32. The van der Waals surface area contributed by atoms with Crippen LogP contribution in [-0.4, -0.2) is 50.6 Å². The Balaban J connectivity index is 0.00000324. The minimum Gasteiger partial charge on any atom is -0.370 e. The fourth-order valence-corrected chi connectivity index (χ4v) is 2.79. The van der Waals surface area contributed by atoms with Crippen LogP contribution in [0.15, 0.2) is 4.99 Å². The SMILES string of the molecule is CCC(C)NC(N)=NCC1CCN(S(C)(=O)=O)C1.I. The van der Waals surface area contributed by atoms with E-state index in [1.807, 2.05) is 6.92 Å². The molecule has 0 amide bonds. The van der Waals surface area contributed by atoms with E-state index in [1.165, 1.54) is 10.6 Å². The van der Waals surface area contributed by atoms with Crippen LogP contribution in [0, 0.1) is 5.92 Å². The van der Waals surface area contributed by atoms with E-state index in [2.05, 4.69) is 17.2 Å². The van der Waals surface area contributed by atoms with Gasteiger partial charge < -0.3 is 11.1 Å². The highest BCUT2D eigenvalue weighted by Gasteiger charge is 2.28. The number of aliphatic imine (C=N–C) groups is 1. The van der Waals surface area contributed by atoms with E-state index in [0.29, 0.717) is 31.6 Å². The van der Waals surface area contributed by atoms with Gasteiger partial charge in [0.15, 0.2) is 5.96 Å². The standard InChI is InChI=1S/C11H24N4O2S.HI/c1-4-9(2)14-11(12)13-7-10-5-6-15(8-10)18(3,16)17;/h9-10H,4-8H2,1-3H3,(H3,12,13,14);1H. The maximum absolute atomic E-state index is 11.4. The zero-order valence-electron chi connectivity index (χ0n) is 11.8. The van der Waals surface area contributed by atoms with Gasteiger partial charge in [0.2, 0.25) is 10.0 Å². The average molecular weight is 404 g/mol. The third-order valence-electron chi connectivity index (χ3n) is 3.24. The quantitative estimate of drug-likeness (QED) is 0.399. The first-order valence-electron chi connectivity index (χ1n) is 6.34. The molecule has 0 aliphatic carbocycles. The molecule has 1 fully saturated rings. The van der Waals surface area contributed by atoms with Crippen LogP contribution < -0.4 is 11.1 Å². The van der Waals surface area contributed by atoms with Gasteiger partial charge in [0.25, 0.3) is 0 Å². The molecule has 0 aromatic heterocycles. The van der Waals surface area contributed by atoms with E-state index < -0.39 is 10.0 Å². The van der Waals surface area contributed by atoms with Gasteiger partial charge in [-0.1, -0.05) is 6.92 Å². The number of hydrogen-bond donors (Lipinski definition) is 2. The van der Waals surface area contributed by atoms with Crippen LogP contribution in [0.4, 0.5) is 0 Å². The highest BCUT2D eigenvalue weighted by molar-refractivity contribution is 14.0. The highest BCUT2D eigenvalue weighted by Crippen LogP contribution is 2.18. The molecule has 0 aromatic carbocycles. The Kier molecular flexibility index (Phi) is 8.21. The number of halogens is 1. The molecule has 6 nitrogen and oxygen atoms in total. The molecule has 0 spiro atoms. The summed E-state index contributed by atoms with van der Waals surface area (Å²) in [5.41, 5.74) is 5.76. The molecule has 1 heterocycles. The topological polar surface area (TPSA) is 87.8 Å². The van der Waals surface area contributed by atoms with E-state index in [4.69, 9.17) is 5.73 Å². The summed E-state index contributed by atoms with van der Waals surface area (Å²) in [6.45, 7) is 5.85. The second-order valence-electron chi connectivity index (χ2n) is 4.96. The lowest BCUT2D eigenvalue weighted by Crippen LogP contribution is -2.38. The van der Waals surface area contributed by atoms with Gasteiger partial charge in [0.05, 0.1) is 6.26 Å². The van der Waals surface area contributed by atoms with E-state index in [-0.39, 0.29) is 29.9 Å². The van der Waals surface area contributed by atoms with Crippen molar-refractivity contribution in [2.75, 3.05) is 25.9 Å². The lowest BCUT2D eigenvalue weighted by molar-refractivity contribution is 0.464. The number of sulfonamides is 1. The van der Waals surface area contributed by atoms with Gasteiger partial charge in [-0.05, 0) is 25.7 Å². The fraction of sp³-hybridized carbons (Fsp3) is 0.909. The van der Waals surface area contributed by atoms with Gasteiger partial charge in [-0.3, -0.25) is 4.99 Å². The lowest BCUT2D eigenvalue weighted by atomic mass is 10.1. The largest absolute Gasteiger partial charge is 0.370 e. The van der Waals surface area contributed by atoms with E-state index in [1.54, 1.807) is 0 Å². The number of rotatable bonds is 5. The minimum atomic E-state index is -3.06. The van der Waals surface area contributed by atoms with Crippen molar-refractivity contribution in [2.45, 2.75) is 32.7 Å². The number of guanidine groups is 1. The molecule has 1 aliphatic rings. The molecular formula is C11H25IN4O2S. The molecule has 1 saturated heterocycles.